The first-order valence-electron chi connectivity index (χ1n) is 4.25. The van der Waals surface area contributed by atoms with Gasteiger partial charge in [0.15, 0.2) is 7.28 Å². The van der Waals surface area contributed by atoms with Crippen LogP contribution >= 0.6 is 0 Å². The molecule has 0 unspecified atom stereocenters. The van der Waals surface area contributed by atoms with Gasteiger partial charge in [-0.15, -0.1) is 0 Å². The van der Waals surface area contributed by atoms with Crippen LogP contribution in [0.25, 0.3) is 10.9 Å². The maximum atomic E-state index is 4.49. The Kier molecular flexibility index (Phi) is 1.82. The number of hydrogen-bond donors (Lipinski definition) is 0. The SMILES string of the molecule is CBc1ccc2ccccc2n1. The molecule has 12 heavy (non-hydrogen) atoms. The Morgan fingerprint density at radius 2 is 1.92 bits per heavy atom. The van der Waals surface area contributed by atoms with E-state index in [1.165, 1.54) is 5.39 Å². The van der Waals surface area contributed by atoms with Crippen molar-refractivity contribution in [2.24, 2.45) is 0 Å². The number of aromatic nitrogens is 1. The molecule has 0 saturated heterocycles. The van der Waals surface area contributed by atoms with Gasteiger partial charge in [-0.2, -0.15) is 0 Å². The van der Waals surface area contributed by atoms with Gasteiger partial charge in [-0.1, -0.05) is 31.1 Å². The summed E-state index contributed by atoms with van der Waals surface area (Å²) < 4.78 is 0. The van der Waals surface area contributed by atoms with Gasteiger partial charge in [0.25, 0.3) is 0 Å². The third-order valence-corrected chi connectivity index (χ3v) is 2.02. The van der Waals surface area contributed by atoms with E-state index in [2.05, 4.69) is 36.1 Å². The lowest BCUT2D eigenvalue weighted by Gasteiger charge is -1.98. The molecule has 2 rings (SSSR count). The number of hydrogen-bond acceptors (Lipinski definition) is 1. The zero-order valence-corrected chi connectivity index (χ0v) is 7.12. The van der Waals surface area contributed by atoms with Crippen molar-refractivity contribution in [1.82, 2.24) is 4.98 Å². The summed E-state index contributed by atoms with van der Waals surface area (Å²) >= 11 is 0. The second-order valence-corrected chi connectivity index (χ2v) is 2.85. The molecule has 0 aliphatic carbocycles. The van der Waals surface area contributed by atoms with Crippen LogP contribution in [0.1, 0.15) is 0 Å². The maximum Gasteiger partial charge on any atom is 0.179 e. The molecule has 1 aromatic heterocycles. The van der Waals surface area contributed by atoms with Crippen LogP contribution in [0.3, 0.4) is 0 Å². The van der Waals surface area contributed by atoms with Crippen molar-refractivity contribution >= 4 is 23.8 Å². The molecule has 2 aromatic rings. The highest BCUT2D eigenvalue weighted by molar-refractivity contribution is 6.50. The third kappa shape index (κ3) is 1.20. The van der Waals surface area contributed by atoms with Crippen molar-refractivity contribution in [3.63, 3.8) is 0 Å². The van der Waals surface area contributed by atoms with Crippen LogP contribution in [0.2, 0.25) is 6.82 Å². The van der Waals surface area contributed by atoms with Gasteiger partial charge in [0.2, 0.25) is 0 Å². The highest BCUT2D eigenvalue weighted by Crippen LogP contribution is 2.07. The molecule has 1 aromatic carbocycles. The molecule has 0 fully saturated rings. The molecule has 58 valence electrons. The second kappa shape index (κ2) is 2.98. The highest BCUT2D eigenvalue weighted by Gasteiger charge is 1.94. The van der Waals surface area contributed by atoms with Gasteiger partial charge in [0.05, 0.1) is 5.52 Å². The van der Waals surface area contributed by atoms with Crippen LogP contribution in [-0.4, -0.2) is 12.3 Å². The van der Waals surface area contributed by atoms with Crippen molar-refractivity contribution in [2.45, 2.75) is 6.82 Å². The number of rotatable bonds is 1. The minimum absolute atomic E-state index is 1.00. The first-order valence-corrected chi connectivity index (χ1v) is 4.25. The average molecular weight is 155 g/mol. The van der Waals surface area contributed by atoms with E-state index < -0.39 is 0 Å². The number of para-hydroxylation sites is 1. The summed E-state index contributed by atoms with van der Waals surface area (Å²) in [5.41, 5.74) is 2.26. The Morgan fingerprint density at radius 1 is 1.08 bits per heavy atom. The highest BCUT2D eigenvalue weighted by atomic mass is 14.7. The van der Waals surface area contributed by atoms with E-state index in [0.29, 0.717) is 0 Å². The largest absolute Gasteiger partial charge is 0.263 e. The van der Waals surface area contributed by atoms with E-state index in [-0.39, 0.29) is 0 Å². The predicted molar refractivity (Wildman–Crippen MR) is 54.4 cm³/mol. The molecule has 0 N–H and O–H groups in total. The van der Waals surface area contributed by atoms with E-state index >= 15 is 0 Å². The minimum atomic E-state index is 1.00. The van der Waals surface area contributed by atoms with Crippen molar-refractivity contribution in [1.29, 1.82) is 0 Å². The van der Waals surface area contributed by atoms with Crippen LogP contribution in [0.15, 0.2) is 36.4 Å². The zero-order chi connectivity index (χ0) is 8.39. The smallest absolute Gasteiger partial charge is 0.179 e. The van der Waals surface area contributed by atoms with Crippen molar-refractivity contribution in [3.05, 3.63) is 36.4 Å². The monoisotopic (exact) mass is 155 g/mol. The Morgan fingerprint density at radius 3 is 2.75 bits per heavy atom. The fraction of sp³-hybridized carbons (Fsp3) is 0.100. The first kappa shape index (κ1) is 7.35. The summed E-state index contributed by atoms with van der Waals surface area (Å²) in [6.07, 6.45) is 0. The Hall–Kier alpha value is -1.31. The predicted octanol–water partition coefficient (Wildman–Crippen LogP) is 1.34. The topological polar surface area (TPSA) is 12.9 Å². The third-order valence-electron chi connectivity index (χ3n) is 2.02. The van der Waals surface area contributed by atoms with Crippen LogP contribution in [-0.2, 0) is 0 Å². The molecular formula is C10H10BN. The number of fused-ring (bicyclic) bond motifs is 1. The summed E-state index contributed by atoms with van der Waals surface area (Å²) in [7, 11) is 1.00. The molecule has 0 aliphatic heterocycles. The molecule has 0 spiro atoms. The fourth-order valence-electron chi connectivity index (χ4n) is 1.31. The van der Waals surface area contributed by atoms with Crippen LogP contribution < -0.4 is 5.59 Å². The average Bonchev–Trinajstić information content (AvgIpc) is 2.17. The molecule has 0 bridgehead atoms. The van der Waals surface area contributed by atoms with E-state index in [0.717, 1.165) is 18.4 Å². The molecule has 0 saturated carbocycles. The van der Waals surface area contributed by atoms with Crippen LogP contribution in [0.4, 0.5) is 0 Å². The van der Waals surface area contributed by atoms with Gasteiger partial charge in [-0.3, -0.25) is 4.98 Å². The summed E-state index contributed by atoms with van der Waals surface area (Å²) in [6.45, 7) is 2.12. The summed E-state index contributed by atoms with van der Waals surface area (Å²) in [5.74, 6) is 0. The van der Waals surface area contributed by atoms with Crippen molar-refractivity contribution in [3.8, 4) is 0 Å². The Bertz CT molecular complexity index is 398. The number of pyridine rings is 1. The zero-order valence-electron chi connectivity index (χ0n) is 7.12. The maximum absolute atomic E-state index is 4.49. The van der Waals surface area contributed by atoms with E-state index in [1.807, 2.05) is 12.1 Å². The van der Waals surface area contributed by atoms with Gasteiger partial charge in [0, 0.05) is 5.39 Å². The molecule has 0 amide bonds. The molecule has 2 heteroatoms. The van der Waals surface area contributed by atoms with Crippen LogP contribution in [0, 0.1) is 0 Å². The normalized spacial score (nSPS) is 10.1. The van der Waals surface area contributed by atoms with E-state index in [1.54, 1.807) is 0 Å². The Balaban J connectivity index is 2.67. The quantitative estimate of drug-likeness (QED) is 0.566. The molecule has 0 atom stereocenters. The number of nitrogens with zero attached hydrogens (tertiary/aromatic N) is 1. The first-order chi connectivity index (χ1) is 5.90. The standard InChI is InChI=1S/C10H10BN/c1-11-10-7-6-8-4-2-3-5-9(8)12-10/h2-7,11H,1H3. The van der Waals surface area contributed by atoms with Crippen molar-refractivity contribution < 1.29 is 0 Å². The molecule has 1 heterocycles. The Labute approximate surface area is 72.7 Å². The lowest BCUT2D eigenvalue weighted by molar-refractivity contribution is 1.47. The van der Waals surface area contributed by atoms with Crippen LogP contribution in [0.5, 0.6) is 0 Å². The van der Waals surface area contributed by atoms with Crippen molar-refractivity contribution in [2.75, 3.05) is 0 Å². The number of benzene rings is 1. The summed E-state index contributed by atoms with van der Waals surface area (Å²) in [5, 5.41) is 1.22. The van der Waals surface area contributed by atoms with E-state index in [9.17, 15) is 0 Å². The fourth-order valence-corrected chi connectivity index (χ4v) is 1.31. The second-order valence-electron chi connectivity index (χ2n) is 2.85. The molecule has 0 radical (unpaired) electrons. The lowest BCUT2D eigenvalue weighted by atomic mass is 9.77. The van der Waals surface area contributed by atoms with Gasteiger partial charge < -0.3 is 0 Å². The lowest BCUT2D eigenvalue weighted by Crippen LogP contribution is -2.14. The van der Waals surface area contributed by atoms with Gasteiger partial charge >= 0.3 is 0 Å². The molecule has 0 aliphatic rings. The molecule has 1 nitrogen and oxygen atoms in total. The summed E-state index contributed by atoms with van der Waals surface area (Å²) in [4.78, 5) is 4.49. The molecular weight excluding hydrogens is 145 g/mol. The minimum Gasteiger partial charge on any atom is -0.263 e. The van der Waals surface area contributed by atoms with E-state index in [4.69, 9.17) is 0 Å². The van der Waals surface area contributed by atoms with Gasteiger partial charge in [-0.05, 0) is 17.7 Å². The van der Waals surface area contributed by atoms with Gasteiger partial charge in [-0.25, -0.2) is 0 Å². The summed E-state index contributed by atoms with van der Waals surface area (Å²) in [6, 6.07) is 12.4. The van der Waals surface area contributed by atoms with Gasteiger partial charge in [0.1, 0.15) is 0 Å².